The fourth-order valence-corrected chi connectivity index (χ4v) is 3.52. The van der Waals surface area contributed by atoms with Crippen molar-refractivity contribution in [3.63, 3.8) is 0 Å². The molecule has 1 aromatic carbocycles. The largest absolute Gasteiger partial charge is 0.297 e. The van der Waals surface area contributed by atoms with E-state index in [9.17, 15) is 0 Å². The molecule has 0 aliphatic carbocycles. The number of hydrogen-bond donors (Lipinski definition) is 1. The fraction of sp³-hybridized carbons (Fsp3) is 0.353. The first kappa shape index (κ1) is 15.7. The molecule has 1 saturated heterocycles. The summed E-state index contributed by atoms with van der Waals surface area (Å²) in [6.07, 6.45) is 7.16. The molecule has 2 heterocycles. The molecular formula is C17H19N5S. The van der Waals surface area contributed by atoms with Crippen LogP contribution in [0.1, 0.15) is 24.3 Å². The summed E-state index contributed by atoms with van der Waals surface area (Å²) in [5.74, 6) is 0. The number of nitrogens with zero attached hydrogens (tertiary/aromatic N) is 4. The first-order valence-electron chi connectivity index (χ1n) is 7.79. The summed E-state index contributed by atoms with van der Waals surface area (Å²) in [4.78, 5) is 11.4. The number of aromatic nitrogens is 1. The average molecular weight is 325 g/mol. The van der Waals surface area contributed by atoms with Crippen molar-refractivity contribution in [2.45, 2.75) is 25.8 Å². The molecule has 0 spiro atoms. The van der Waals surface area contributed by atoms with Crippen LogP contribution in [0.15, 0.2) is 34.6 Å². The van der Waals surface area contributed by atoms with Crippen molar-refractivity contribution in [1.82, 2.24) is 15.2 Å². The van der Waals surface area contributed by atoms with E-state index in [1.165, 1.54) is 43.7 Å². The van der Waals surface area contributed by atoms with Gasteiger partial charge < -0.3 is 0 Å². The van der Waals surface area contributed by atoms with Gasteiger partial charge in [0.05, 0.1) is 17.9 Å². The third-order valence-corrected chi connectivity index (χ3v) is 4.70. The number of thiazole rings is 1. The van der Waals surface area contributed by atoms with Crippen LogP contribution in [0.3, 0.4) is 0 Å². The number of piperidine rings is 1. The van der Waals surface area contributed by atoms with Gasteiger partial charge in [-0.2, -0.15) is 5.26 Å². The maximum absolute atomic E-state index is 8.39. The van der Waals surface area contributed by atoms with Crippen LogP contribution in [0, 0.1) is 11.5 Å². The molecule has 23 heavy (non-hydrogen) atoms. The summed E-state index contributed by atoms with van der Waals surface area (Å²) in [5, 5.41) is 14.1. The van der Waals surface area contributed by atoms with Crippen molar-refractivity contribution < 1.29 is 0 Å². The summed E-state index contributed by atoms with van der Waals surface area (Å²) < 4.78 is 0. The van der Waals surface area contributed by atoms with Gasteiger partial charge in [0.25, 0.3) is 0 Å². The highest BCUT2D eigenvalue weighted by molar-refractivity contribution is 7.09. The Hall–Kier alpha value is -2.23. The van der Waals surface area contributed by atoms with Crippen molar-refractivity contribution in [3.8, 4) is 17.5 Å². The predicted molar refractivity (Wildman–Crippen MR) is 93.6 cm³/mol. The number of aliphatic imine (C=N–C) groups is 1. The van der Waals surface area contributed by atoms with E-state index in [1.807, 2.05) is 24.3 Å². The molecule has 1 N–H and O–H groups in total. The lowest BCUT2D eigenvalue weighted by Gasteiger charge is -2.25. The molecule has 2 aromatic rings. The summed E-state index contributed by atoms with van der Waals surface area (Å²) in [7, 11) is 0. The minimum absolute atomic E-state index is 0.806. The maximum Gasteiger partial charge on any atom is 0.182 e. The van der Waals surface area contributed by atoms with Gasteiger partial charge in [-0.25, -0.2) is 9.98 Å². The quantitative estimate of drug-likeness (QED) is 0.395. The van der Waals surface area contributed by atoms with Gasteiger partial charge >= 0.3 is 0 Å². The second-order valence-electron chi connectivity index (χ2n) is 5.52. The summed E-state index contributed by atoms with van der Waals surface area (Å²) in [5.41, 5.74) is 2.92. The predicted octanol–water partition coefficient (Wildman–Crippen LogP) is 3.53. The molecule has 0 saturated carbocycles. The van der Waals surface area contributed by atoms with E-state index < -0.39 is 0 Å². The Morgan fingerprint density at radius 1 is 1.26 bits per heavy atom. The molecule has 1 aliphatic heterocycles. The molecule has 3 rings (SSSR count). The molecule has 1 aliphatic rings. The zero-order chi connectivity index (χ0) is 15.9. The molecule has 5 nitrogen and oxygen atoms in total. The third kappa shape index (κ3) is 4.38. The van der Waals surface area contributed by atoms with Gasteiger partial charge in [-0.15, -0.1) is 11.3 Å². The van der Waals surface area contributed by atoms with Crippen molar-refractivity contribution in [1.29, 1.82) is 5.26 Å². The average Bonchev–Trinajstić information content (AvgIpc) is 3.05. The number of likely N-dealkylation sites (tertiary alicyclic amines) is 1. The normalized spacial score (nSPS) is 15.6. The number of rotatable bonds is 5. The van der Waals surface area contributed by atoms with Crippen molar-refractivity contribution >= 4 is 23.4 Å². The Labute approximate surface area is 140 Å². The van der Waals surface area contributed by atoms with Crippen LogP contribution in [0.4, 0.5) is 5.69 Å². The molecule has 0 radical (unpaired) electrons. The zero-order valence-corrected chi connectivity index (χ0v) is 13.7. The van der Waals surface area contributed by atoms with E-state index in [2.05, 4.69) is 20.6 Å². The Morgan fingerprint density at radius 3 is 2.78 bits per heavy atom. The second-order valence-corrected chi connectivity index (χ2v) is 6.47. The Kier molecular flexibility index (Phi) is 5.35. The topological polar surface area (TPSA) is 64.3 Å². The zero-order valence-electron chi connectivity index (χ0n) is 12.9. The van der Waals surface area contributed by atoms with Gasteiger partial charge in [0.1, 0.15) is 11.3 Å². The van der Waals surface area contributed by atoms with E-state index in [1.54, 1.807) is 17.5 Å². The van der Waals surface area contributed by atoms with Crippen molar-refractivity contribution in [3.05, 3.63) is 34.7 Å². The number of nitrogens with one attached hydrogen (secondary N) is 1. The molecule has 1 fully saturated rings. The van der Waals surface area contributed by atoms with Gasteiger partial charge in [0.15, 0.2) is 6.19 Å². The summed E-state index contributed by atoms with van der Waals surface area (Å²) in [6.45, 7) is 3.35. The van der Waals surface area contributed by atoms with E-state index in [4.69, 9.17) is 10.2 Å². The Bertz CT molecular complexity index is 693. The monoisotopic (exact) mass is 325 g/mol. The van der Waals surface area contributed by atoms with Gasteiger partial charge in [0, 0.05) is 10.9 Å². The van der Waals surface area contributed by atoms with Crippen LogP contribution in [-0.4, -0.2) is 29.3 Å². The van der Waals surface area contributed by atoms with E-state index in [0.717, 1.165) is 23.5 Å². The highest BCUT2D eigenvalue weighted by Gasteiger charge is 2.13. The van der Waals surface area contributed by atoms with Crippen LogP contribution >= 0.6 is 11.3 Å². The van der Waals surface area contributed by atoms with Gasteiger partial charge in [-0.3, -0.25) is 10.2 Å². The van der Waals surface area contributed by atoms with E-state index in [-0.39, 0.29) is 0 Å². The standard InChI is InChI=1S/C17H19N5S/c18-12-19-13-20-15-6-4-14(5-7-15)16-11-23-17(21-16)10-22-8-2-1-3-9-22/h4-7,11,13H,1-3,8-10H2,(H,19,20). The molecular weight excluding hydrogens is 306 g/mol. The lowest BCUT2D eigenvalue weighted by molar-refractivity contribution is 0.220. The first-order valence-corrected chi connectivity index (χ1v) is 8.67. The smallest absolute Gasteiger partial charge is 0.182 e. The molecule has 0 amide bonds. The highest BCUT2D eigenvalue weighted by Crippen LogP contribution is 2.25. The number of benzene rings is 1. The van der Waals surface area contributed by atoms with Crippen molar-refractivity contribution in [2.75, 3.05) is 13.1 Å². The maximum atomic E-state index is 8.39. The van der Waals surface area contributed by atoms with E-state index in [0.29, 0.717) is 0 Å². The van der Waals surface area contributed by atoms with Crippen LogP contribution in [0.5, 0.6) is 0 Å². The van der Waals surface area contributed by atoms with E-state index >= 15 is 0 Å². The first-order chi connectivity index (χ1) is 11.3. The number of nitriles is 1. The fourth-order valence-electron chi connectivity index (χ4n) is 2.68. The SMILES string of the molecule is N#CNC=Nc1ccc(-c2csc(CN3CCCCC3)n2)cc1. The molecule has 118 valence electrons. The molecule has 1 aromatic heterocycles. The lowest BCUT2D eigenvalue weighted by Crippen LogP contribution is -2.28. The van der Waals surface area contributed by atoms with Crippen LogP contribution in [0.25, 0.3) is 11.3 Å². The van der Waals surface area contributed by atoms with Crippen LogP contribution in [0.2, 0.25) is 0 Å². The van der Waals surface area contributed by atoms with Crippen molar-refractivity contribution in [2.24, 2.45) is 4.99 Å². The molecule has 0 atom stereocenters. The lowest BCUT2D eigenvalue weighted by atomic mass is 10.1. The van der Waals surface area contributed by atoms with Gasteiger partial charge in [0.2, 0.25) is 0 Å². The summed E-state index contributed by atoms with van der Waals surface area (Å²) in [6, 6.07) is 7.88. The summed E-state index contributed by atoms with van der Waals surface area (Å²) >= 11 is 1.73. The second kappa shape index (κ2) is 7.86. The Morgan fingerprint density at radius 2 is 2.04 bits per heavy atom. The molecule has 6 heteroatoms. The highest BCUT2D eigenvalue weighted by atomic mass is 32.1. The Balaban J connectivity index is 1.64. The molecule has 0 unspecified atom stereocenters. The minimum Gasteiger partial charge on any atom is -0.297 e. The minimum atomic E-state index is 0.806. The third-order valence-electron chi connectivity index (χ3n) is 3.87. The van der Waals surface area contributed by atoms with Gasteiger partial charge in [-0.05, 0) is 38.1 Å². The number of hydrogen-bond acceptors (Lipinski definition) is 5. The van der Waals surface area contributed by atoms with Crippen LogP contribution < -0.4 is 5.32 Å². The molecule has 0 bridgehead atoms. The van der Waals surface area contributed by atoms with Gasteiger partial charge in [-0.1, -0.05) is 18.6 Å². The van der Waals surface area contributed by atoms with Crippen LogP contribution in [-0.2, 0) is 6.54 Å².